The number of amides is 1. The summed E-state index contributed by atoms with van der Waals surface area (Å²) in [5, 5.41) is 1.24. The highest BCUT2D eigenvalue weighted by Gasteiger charge is 2.28. The summed E-state index contributed by atoms with van der Waals surface area (Å²) in [7, 11) is 0. The normalized spacial score (nSPS) is 17.9. The number of aromatic nitrogens is 1. The Labute approximate surface area is 148 Å². The summed E-state index contributed by atoms with van der Waals surface area (Å²) in [6.07, 6.45) is 3.18. The van der Waals surface area contributed by atoms with Crippen molar-refractivity contribution >= 4 is 22.7 Å². The van der Waals surface area contributed by atoms with Crippen molar-refractivity contribution in [3.63, 3.8) is 0 Å². The Morgan fingerprint density at radius 1 is 1.16 bits per heavy atom. The first-order chi connectivity index (χ1) is 11.9. The van der Waals surface area contributed by atoms with Gasteiger partial charge in [-0.15, -0.1) is 0 Å². The fourth-order valence-electron chi connectivity index (χ4n) is 3.86. The predicted octanol–water partition coefficient (Wildman–Crippen LogP) is 4.06. The highest BCUT2D eigenvalue weighted by atomic mass is 16.6. The van der Waals surface area contributed by atoms with Crippen LogP contribution in [0, 0.1) is 0 Å². The van der Waals surface area contributed by atoms with Gasteiger partial charge in [0.05, 0.1) is 6.54 Å². The Hall–Kier alpha value is -2.17. The van der Waals surface area contributed by atoms with E-state index in [0.717, 1.165) is 19.5 Å². The summed E-state index contributed by atoms with van der Waals surface area (Å²) >= 11 is 0. The van der Waals surface area contributed by atoms with Crippen LogP contribution < -0.4 is 4.90 Å². The lowest BCUT2D eigenvalue weighted by Crippen LogP contribution is -2.39. The molecule has 1 amide bonds. The van der Waals surface area contributed by atoms with E-state index in [0.29, 0.717) is 13.1 Å². The number of hydrogen-bond donors (Lipinski definition) is 1. The summed E-state index contributed by atoms with van der Waals surface area (Å²) in [5.41, 5.74) is 4.50. The number of rotatable bonds is 1. The number of aromatic amines is 1. The summed E-state index contributed by atoms with van der Waals surface area (Å²) in [5.74, 6) is 0. The molecule has 2 aromatic rings. The molecule has 1 aromatic carbocycles. The van der Waals surface area contributed by atoms with Crippen molar-refractivity contribution in [2.75, 3.05) is 24.5 Å². The molecule has 0 radical (unpaired) electrons. The molecule has 5 nitrogen and oxygen atoms in total. The highest BCUT2D eigenvalue weighted by molar-refractivity contribution is 5.88. The monoisotopic (exact) mass is 341 g/mol. The lowest BCUT2D eigenvalue weighted by atomic mass is 10.0. The van der Waals surface area contributed by atoms with E-state index in [9.17, 15) is 4.79 Å². The molecule has 0 saturated carbocycles. The van der Waals surface area contributed by atoms with Crippen LogP contribution in [-0.2, 0) is 17.7 Å². The lowest BCUT2D eigenvalue weighted by Gasteiger charge is -2.30. The number of nitrogens with zero attached hydrogens (tertiary/aromatic N) is 2. The van der Waals surface area contributed by atoms with Gasteiger partial charge in [0.15, 0.2) is 0 Å². The number of ether oxygens (including phenoxy) is 1. The third kappa shape index (κ3) is 3.20. The molecule has 5 heteroatoms. The van der Waals surface area contributed by atoms with E-state index in [1.807, 2.05) is 25.7 Å². The van der Waals surface area contributed by atoms with Gasteiger partial charge in [0.2, 0.25) is 0 Å². The van der Waals surface area contributed by atoms with Gasteiger partial charge in [-0.2, -0.15) is 0 Å². The van der Waals surface area contributed by atoms with E-state index in [-0.39, 0.29) is 6.09 Å². The Kier molecular flexibility index (Phi) is 3.89. The third-order valence-corrected chi connectivity index (χ3v) is 5.08. The zero-order valence-corrected chi connectivity index (χ0v) is 15.4. The van der Waals surface area contributed by atoms with E-state index < -0.39 is 5.60 Å². The van der Waals surface area contributed by atoms with Gasteiger partial charge in [-0.1, -0.05) is 0 Å². The molecule has 0 aliphatic carbocycles. The summed E-state index contributed by atoms with van der Waals surface area (Å²) in [6.45, 7) is 9.34. The van der Waals surface area contributed by atoms with Crippen LogP contribution in [0.2, 0.25) is 0 Å². The highest BCUT2D eigenvalue weighted by Crippen LogP contribution is 2.32. The van der Waals surface area contributed by atoms with Crippen molar-refractivity contribution in [3.05, 3.63) is 29.5 Å². The van der Waals surface area contributed by atoms with E-state index in [1.165, 1.54) is 40.7 Å². The number of anilines is 1. The van der Waals surface area contributed by atoms with Crippen molar-refractivity contribution < 1.29 is 9.53 Å². The van der Waals surface area contributed by atoms with Gasteiger partial charge >= 0.3 is 6.09 Å². The lowest BCUT2D eigenvalue weighted by molar-refractivity contribution is 0.0224. The van der Waals surface area contributed by atoms with Crippen molar-refractivity contribution in [3.8, 4) is 0 Å². The molecule has 2 aliphatic rings. The maximum Gasteiger partial charge on any atom is 0.410 e. The van der Waals surface area contributed by atoms with Crippen LogP contribution in [0.4, 0.5) is 10.5 Å². The van der Waals surface area contributed by atoms with E-state index >= 15 is 0 Å². The molecule has 0 atom stereocenters. The van der Waals surface area contributed by atoms with Crippen LogP contribution in [0.1, 0.15) is 44.9 Å². The number of fused-ring (bicyclic) bond motifs is 3. The SMILES string of the molecule is CC(C)(C)OC(=O)N1CCc2[nH]c3ccc(N4CCCC4)cc3c2C1. The predicted molar refractivity (Wildman–Crippen MR) is 100 cm³/mol. The molecule has 25 heavy (non-hydrogen) atoms. The fraction of sp³-hybridized carbons (Fsp3) is 0.550. The van der Waals surface area contributed by atoms with Crippen LogP contribution in [0.25, 0.3) is 10.9 Å². The molecule has 0 bridgehead atoms. The molecule has 0 unspecified atom stereocenters. The number of benzene rings is 1. The minimum atomic E-state index is -0.458. The number of carbonyl (C=O) groups excluding carboxylic acids is 1. The molecule has 3 heterocycles. The minimum Gasteiger partial charge on any atom is -0.444 e. The topological polar surface area (TPSA) is 48.6 Å². The molecule has 1 N–H and O–H groups in total. The second kappa shape index (κ2) is 5.97. The quantitative estimate of drug-likeness (QED) is 0.851. The van der Waals surface area contributed by atoms with Gasteiger partial charge < -0.3 is 19.5 Å². The summed E-state index contributed by atoms with van der Waals surface area (Å²) < 4.78 is 5.55. The Balaban J connectivity index is 1.62. The molecule has 4 rings (SSSR count). The number of nitrogens with one attached hydrogen (secondary N) is 1. The van der Waals surface area contributed by atoms with Crippen molar-refractivity contribution in [1.29, 1.82) is 0 Å². The molecule has 2 aliphatic heterocycles. The largest absolute Gasteiger partial charge is 0.444 e. The Bertz CT molecular complexity index is 797. The number of carbonyl (C=O) groups is 1. The van der Waals surface area contributed by atoms with Gasteiger partial charge in [0.1, 0.15) is 5.60 Å². The molecule has 0 spiro atoms. The number of H-pyrrole nitrogens is 1. The molecule has 134 valence electrons. The average molecular weight is 341 g/mol. The Morgan fingerprint density at radius 3 is 2.64 bits per heavy atom. The van der Waals surface area contributed by atoms with Gasteiger partial charge in [0, 0.05) is 53.9 Å². The molecule has 1 fully saturated rings. The van der Waals surface area contributed by atoms with E-state index in [1.54, 1.807) is 0 Å². The first kappa shape index (κ1) is 16.3. The first-order valence-corrected chi connectivity index (χ1v) is 9.27. The van der Waals surface area contributed by atoms with Crippen molar-refractivity contribution in [2.45, 2.75) is 52.2 Å². The average Bonchev–Trinajstić information content (AvgIpc) is 3.19. The van der Waals surface area contributed by atoms with E-state index in [4.69, 9.17) is 4.74 Å². The second-order valence-electron chi connectivity index (χ2n) is 8.16. The smallest absolute Gasteiger partial charge is 0.410 e. The van der Waals surface area contributed by atoms with Gasteiger partial charge in [0.25, 0.3) is 0 Å². The summed E-state index contributed by atoms with van der Waals surface area (Å²) in [6, 6.07) is 6.68. The minimum absolute atomic E-state index is 0.219. The molecular formula is C20H27N3O2. The Morgan fingerprint density at radius 2 is 1.92 bits per heavy atom. The molecule has 1 saturated heterocycles. The van der Waals surface area contributed by atoms with Gasteiger partial charge in [-0.3, -0.25) is 0 Å². The standard InChI is InChI=1S/C20H27N3O2/c1-20(2,3)25-19(24)23-11-8-18-16(13-23)15-12-14(6-7-17(15)21-18)22-9-4-5-10-22/h6-7,12,21H,4-5,8-11,13H2,1-3H3. The van der Waals surface area contributed by atoms with Crippen LogP contribution in [0.3, 0.4) is 0 Å². The van der Waals surface area contributed by atoms with Crippen LogP contribution >= 0.6 is 0 Å². The van der Waals surface area contributed by atoms with Crippen LogP contribution in [0.15, 0.2) is 18.2 Å². The molecular weight excluding hydrogens is 314 g/mol. The van der Waals surface area contributed by atoms with Crippen molar-refractivity contribution in [1.82, 2.24) is 9.88 Å². The van der Waals surface area contributed by atoms with Gasteiger partial charge in [-0.25, -0.2) is 4.79 Å². The first-order valence-electron chi connectivity index (χ1n) is 9.27. The zero-order chi connectivity index (χ0) is 17.6. The van der Waals surface area contributed by atoms with Crippen LogP contribution in [0.5, 0.6) is 0 Å². The van der Waals surface area contributed by atoms with Crippen molar-refractivity contribution in [2.24, 2.45) is 0 Å². The summed E-state index contributed by atoms with van der Waals surface area (Å²) in [4.78, 5) is 20.3. The second-order valence-corrected chi connectivity index (χ2v) is 8.16. The fourth-order valence-corrected chi connectivity index (χ4v) is 3.86. The molecule has 1 aromatic heterocycles. The maximum atomic E-state index is 12.4. The van der Waals surface area contributed by atoms with E-state index in [2.05, 4.69) is 28.1 Å². The van der Waals surface area contributed by atoms with Gasteiger partial charge in [-0.05, 0) is 51.8 Å². The third-order valence-electron chi connectivity index (χ3n) is 5.08. The van der Waals surface area contributed by atoms with Crippen LogP contribution in [-0.4, -0.2) is 41.2 Å². The zero-order valence-electron chi connectivity index (χ0n) is 15.4. The number of hydrogen-bond acceptors (Lipinski definition) is 3. The maximum absolute atomic E-state index is 12.4.